The predicted molar refractivity (Wildman–Crippen MR) is 72.0 cm³/mol. The van der Waals surface area contributed by atoms with Crippen LogP contribution in [0.25, 0.3) is 22.8 Å². The van der Waals surface area contributed by atoms with E-state index in [2.05, 4.69) is 20.2 Å². The molecule has 0 amide bonds. The van der Waals surface area contributed by atoms with Crippen molar-refractivity contribution in [2.75, 3.05) is 0 Å². The quantitative estimate of drug-likeness (QED) is 0.758. The molecule has 3 aromatic rings. The van der Waals surface area contributed by atoms with Gasteiger partial charge in [-0.25, -0.2) is 9.78 Å². The fourth-order valence-electron chi connectivity index (χ4n) is 1.81. The van der Waals surface area contributed by atoms with Crippen LogP contribution in [-0.2, 0) is 0 Å². The number of aromatic amines is 1. The third-order valence-corrected chi connectivity index (χ3v) is 2.79. The van der Waals surface area contributed by atoms with Crippen molar-refractivity contribution in [1.82, 2.24) is 20.2 Å². The van der Waals surface area contributed by atoms with Crippen LogP contribution in [0.1, 0.15) is 10.4 Å². The normalized spacial score (nSPS) is 10.4. The molecule has 0 radical (unpaired) electrons. The highest BCUT2D eigenvalue weighted by molar-refractivity contribution is 5.89. The number of nitrogens with one attached hydrogen (secondary N) is 1. The maximum absolute atomic E-state index is 11.0. The number of carbonyl (C=O) groups is 1. The van der Waals surface area contributed by atoms with E-state index >= 15 is 0 Å². The number of nitrogens with zero attached hydrogens (tertiary/aromatic N) is 3. The molecule has 20 heavy (non-hydrogen) atoms. The number of aromatic carboxylic acids is 1. The summed E-state index contributed by atoms with van der Waals surface area (Å²) in [6.07, 6.45) is 3.34. The lowest BCUT2D eigenvalue weighted by molar-refractivity contribution is 0.0697. The van der Waals surface area contributed by atoms with Gasteiger partial charge in [-0.1, -0.05) is 12.1 Å². The summed E-state index contributed by atoms with van der Waals surface area (Å²) in [7, 11) is 0. The standard InChI is InChI=1S/C14H10N4O2/c19-14(20)10-4-1-3-9(7-10)12-16-13(18-17-12)11-5-2-6-15-8-11/h1-8H,(H,19,20)(H,16,17,18). The molecule has 0 unspecified atom stereocenters. The van der Waals surface area contributed by atoms with Crippen LogP contribution in [0.15, 0.2) is 48.8 Å². The van der Waals surface area contributed by atoms with Crippen LogP contribution >= 0.6 is 0 Å². The van der Waals surface area contributed by atoms with Gasteiger partial charge in [-0.3, -0.25) is 10.1 Å². The molecule has 2 heterocycles. The van der Waals surface area contributed by atoms with Gasteiger partial charge in [0.25, 0.3) is 0 Å². The molecule has 0 bridgehead atoms. The Hall–Kier alpha value is -3.02. The second-order valence-corrected chi connectivity index (χ2v) is 4.14. The number of pyridine rings is 1. The fraction of sp³-hybridized carbons (Fsp3) is 0. The molecule has 98 valence electrons. The zero-order chi connectivity index (χ0) is 13.9. The molecule has 6 heteroatoms. The molecule has 2 N–H and O–H groups in total. The minimum atomic E-state index is -0.973. The molecule has 3 rings (SSSR count). The first kappa shape index (κ1) is 12.0. The summed E-state index contributed by atoms with van der Waals surface area (Å²) in [5.41, 5.74) is 1.68. The highest BCUT2D eigenvalue weighted by atomic mass is 16.4. The lowest BCUT2D eigenvalue weighted by atomic mass is 10.1. The lowest BCUT2D eigenvalue weighted by Crippen LogP contribution is -1.96. The van der Waals surface area contributed by atoms with Gasteiger partial charge < -0.3 is 5.11 Å². The number of H-pyrrole nitrogens is 1. The van der Waals surface area contributed by atoms with Crippen LogP contribution in [0.2, 0.25) is 0 Å². The van der Waals surface area contributed by atoms with Crippen molar-refractivity contribution in [2.24, 2.45) is 0 Å². The van der Waals surface area contributed by atoms with Crippen molar-refractivity contribution < 1.29 is 9.90 Å². The lowest BCUT2D eigenvalue weighted by Gasteiger charge is -1.98. The van der Waals surface area contributed by atoms with Crippen LogP contribution in [0.5, 0.6) is 0 Å². The van der Waals surface area contributed by atoms with E-state index in [0.717, 1.165) is 5.56 Å². The molecule has 1 aromatic carbocycles. The molecule has 0 aliphatic rings. The van der Waals surface area contributed by atoms with Crippen molar-refractivity contribution in [3.8, 4) is 22.8 Å². The number of hydrogen-bond acceptors (Lipinski definition) is 4. The number of carboxylic acid groups (broad SMARTS) is 1. The molecule has 6 nitrogen and oxygen atoms in total. The van der Waals surface area contributed by atoms with Gasteiger partial charge in [0.05, 0.1) is 5.56 Å². The van der Waals surface area contributed by atoms with Gasteiger partial charge in [-0.2, -0.15) is 5.10 Å². The first-order valence-electron chi connectivity index (χ1n) is 5.90. The van der Waals surface area contributed by atoms with Crippen molar-refractivity contribution in [3.63, 3.8) is 0 Å². The first-order chi connectivity index (χ1) is 9.74. The van der Waals surface area contributed by atoms with E-state index in [-0.39, 0.29) is 5.56 Å². The molecule has 0 saturated heterocycles. The molecule has 0 fully saturated rings. The van der Waals surface area contributed by atoms with Crippen molar-refractivity contribution in [3.05, 3.63) is 54.4 Å². The van der Waals surface area contributed by atoms with Crippen LogP contribution < -0.4 is 0 Å². The SMILES string of the molecule is O=C(O)c1cccc(-c2nc(-c3cccnc3)n[nH]2)c1. The van der Waals surface area contributed by atoms with Gasteiger partial charge in [0.15, 0.2) is 11.6 Å². The monoisotopic (exact) mass is 266 g/mol. The Labute approximate surface area is 114 Å². The number of rotatable bonds is 3. The van der Waals surface area contributed by atoms with Crippen molar-refractivity contribution >= 4 is 5.97 Å². The summed E-state index contributed by atoms with van der Waals surface area (Å²) in [6.45, 7) is 0. The molecule has 2 aromatic heterocycles. The van der Waals surface area contributed by atoms with Gasteiger partial charge in [-0.15, -0.1) is 0 Å². The van der Waals surface area contributed by atoms with Gasteiger partial charge in [0.2, 0.25) is 0 Å². The Bertz CT molecular complexity index is 753. The van der Waals surface area contributed by atoms with E-state index in [1.807, 2.05) is 6.07 Å². The Balaban J connectivity index is 1.98. The summed E-state index contributed by atoms with van der Waals surface area (Å²) in [5.74, 6) is 0.0691. The maximum Gasteiger partial charge on any atom is 0.335 e. The van der Waals surface area contributed by atoms with Gasteiger partial charge in [-0.05, 0) is 24.3 Å². The summed E-state index contributed by atoms with van der Waals surface area (Å²) < 4.78 is 0. The maximum atomic E-state index is 11.0. The van der Waals surface area contributed by atoms with E-state index < -0.39 is 5.97 Å². The highest BCUT2D eigenvalue weighted by Gasteiger charge is 2.10. The molecular formula is C14H10N4O2. The minimum Gasteiger partial charge on any atom is -0.478 e. The molecule has 0 saturated carbocycles. The number of carboxylic acids is 1. The summed E-state index contributed by atoms with van der Waals surface area (Å²) in [6, 6.07) is 10.2. The summed E-state index contributed by atoms with van der Waals surface area (Å²) in [5, 5.41) is 15.9. The third-order valence-electron chi connectivity index (χ3n) is 2.79. The van der Waals surface area contributed by atoms with Crippen LogP contribution in [-0.4, -0.2) is 31.2 Å². The van der Waals surface area contributed by atoms with E-state index in [4.69, 9.17) is 5.11 Å². The molecule has 0 aliphatic heterocycles. The average molecular weight is 266 g/mol. The minimum absolute atomic E-state index is 0.210. The topological polar surface area (TPSA) is 91.8 Å². The smallest absolute Gasteiger partial charge is 0.335 e. The molecule has 0 atom stereocenters. The largest absolute Gasteiger partial charge is 0.478 e. The van der Waals surface area contributed by atoms with E-state index in [1.54, 1.807) is 36.7 Å². The van der Waals surface area contributed by atoms with E-state index in [9.17, 15) is 4.79 Å². The van der Waals surface area contributed by atoms with Gasteiger partial charge >= 0.3 is 5.97 Å². The second kappa shape index (κ2) is 4.93. The predicted octanol–water partition coefficient (Wildman–Crippen LogP) is 2.23. The molecule has 0 spiro atoms. The number of hydrogen-bond donors (Lipinski definition) is 2. The summed E-state index contributed by atoms with van der Waals surface area (Å²) >= 11 is 0. The second-order valence-electron chi connectivity index (χ2n) is 4.14. The van der Waals surface area contributed by atoms with Crippen molar-refractivity contribution in [1.29, 1.82) is 0 Å². The third kappa shape index (κ3) is 2.26. The summed E-state index contributed by atoms with van der Waals surface area (Å²) in [4.78, 5) is 19.3. The average Bonchev–Trinajstić information content (AvgIpc) is 2.98. The highest BCUT2D eigenvalue weighted by Crippen LogP contribution is 2.20. The molecular weight excluding hydrogens is 256 g/mol. The zero-order valence-electron chi connectivity index (χ0n) is 10.3. The van der Waals surface area contributed by atoms with E-state index in [1.165, 1.54) is 6.07 Å². The van der Waals surface area contributed by atoms with Crippen LogP contribution in [0.4, 0.5) is 0 Å². The van der Waals surface area contributed by atoms with Gasteiger partial charge in [0.1, 0.15) is 0 Å². The first-order valence-corrected chi connectivity index (χ1v) is 5.90. The Kier molecular flexibility index (Phi) is 2.96. The number of benzene rings is 1. The Morgan fingerprint density at radius 2 is 2.00 bits per heavy atom. The van der Waals surface area contributed by atoms with Gasteiger partial charge in [0, 0.05) is 23.5 Å². The Morgan fingerprint density at radius 3 is 2.75 bits per heavy atom. The fourth-order valence-corrected chi connectivity index (χ4v) is 1.81. The molecule has 0 aliphatic carbocycles. The van der Waals surface area contributed by atoms with Crippen molar-refractivity contribution in [2.45, 2.75) is 0 Å². The zero-order valence-corrected chi connectivity index (χ0v) is 10.3. The Morgan fingerprint density at radius 1 is 1.15 bits per heavy atom. The van der Waals surface area contributed by atoms with Crippen LogP contribution in [0, 0.1) is 0 Å². The van der Waals surface area contributed by atoms with E-state index in [0.29, 0.717) is 17.2 Å². The van der Waals surface area contributed by atoms with Crippen LogP contribution in [0.3, 0.4) is 0 Å². The number of aromatic nitrogens is 4.